The molecule has 3 N–H and O–H groups in total. The van der Waals surface area contributed by atoms with Crippen molar-refractivity contribution in [2.45, 2.75) is 70.5 Å². The Balaban J connectivity index is 1.40. The maximum atomic E-state index is 12.2. The van der Waals surface area contributed by atoms with Gasteiger partial charge in [-0.05, 0) is 55.7 Å². The number of piperidine rings is 1. The molecule has 2 atom stereocenters. The van der Waals surface area contributed by atoms with Gasteiger partial charge in [0.15, 0.2) is 0 Å². The summed E-state index contributed by atoms with van der Waals surface area (Å²) in [5.74, 6) is 0.709. The van der Waals surface area contributed by atoms with Crippen molar-refractivity contribution < 1.29 is 9.59 Å². The molecule has 2 bridgehead atoms. The highest BCUT2D eigenvalue weighted by Crippen LogP contribution is 2.32. The summed E-state index contributed by atoms with van der Waals surface area (Å²) in [6.07, 6.45) is 6.82. The molecule has 2 aliphatic heterocycles. The lowest BCUT2D eigenvalue weighted by atomic mass is 9.89. The first kappa shape index (κ1) is 17.9. The number of anilines is 1. The Labute approximate surface area is 150 Å². The second kappa shape index (κ2) is 8.48. The third-order valence-corrected chi connectivity index (χ3v) is 5.25. The summed E-state index contributed by atoms with van der Waals surface area (Å²) in [6, 6.07) is 8.94. The van der Waals surface area contributed by atoms with Crippen LogP contribution >= 0.6 is 0 Å². The van der Waals surface area contributed by atoms with E-state index in [1.807, 2.05) is 31.2 Å². The number of carbonyl (C=O) groups is 2. The fourth-order valence-electron chi connectivity index (χ4n) is 4.03. The van der Waals surface area contributed by atoms with E-state index in [9.17, 15) is 9.59 Å². The Hall–Kier alpha value is -1.88. The van der Waals surface area contributed by atoms with Gasteiger partial charge in [-0.2, -0.15) is 0 Å². The summed E-state index contributed by atoms with van der Waals surface area (Å²) < 4.78 is 0. The van der Waals surface area contributed by atoms with Gasteiger partial charge in [-0.15, -0.1) is 0 Å². The normalized spacial score (nSPS) is 24.8. The van der Waals surface area contributed by atoms with Crippen molar-refractivity contribution in [3.63, 3.8) is 0 Å². The monoisotopic (exact) mass is 343 g/mol. The van der Waals surface area contributed by atoms with E-state index >= 15 is 0 Å². The number of hydrogen-bond acceptors (Lipinski definition) is 3. The molecule has 2 heterocycles. The summed E-state index contributed by atoms with van der Waals surface area (Å²) in [5, 5.41) is 9.52. The van der Waals surface area contributed by atoms with Gasteiger partial charge in [0, 0.05) is 37.2 Å². The molecule has 2 fully saturated rings. The van der Waals surface area contributed by atoms with Crippen LogP contribution in [0.5, 0.6) is 0 Å². The van der Waals surface area contributed by atoms with Gasteiger partial charge in [0.05, 0.1) is 0 Å². The summed E-state index contributed by atoms with van der Waals surface area (Å²) in [6.45, 7) is 2.53. The Morgan fingerprint density at radius 3 is 2.40 bits per heavy atom. The zero-order valence-electron chi connectivity index (χ0n) is 15.0. The second-order valence-corrected chi connectivity index (χ2v) is 7.45. The molecule has 0 aromatic heterocycles. The molecule has 0 aliphatic carbocycles. The minimum atomic E-state index is 0.0412. The Morgan fingerprint density at radius 1 is 1.08 bits per heavy atom. The fourth-order valence-corrected chi connectivity index (χ4v) is 4.03. The molecule has 136 valence electrons. The average Bonchev–Trinajstić information content (AvgIpc) is 2.93. The molecule has 0 spiro atoms. The molecular formula is C20H29N3O2. The minimum absolute atomic E-state index is 0.0412. The zero-order valence-corrected chi connectivity index (χ0v) is 15.0. The highest BCUT2D eigenvalue weighted by molar-refractivity contribution is 5.90. The van der Waals surface area contributed by atoms with E-state index in [0.717, 1.165) is 30.5 Å². The highest BCUT2D eigenvalue weighted by Gasteiger charge is 2.34. The third-order valence-electron chi connectivity index (χ3n) is 5.25. The van der Waals surface area contributed by atoms with Crippen molar-refractivity contribution in [3.8, 4) is 0 Å². The van der Waals surface area contributed by atoms with Gasteiger partial charge in [0.1, 0.15) is 0 Å². The maximum absolute atomic E-state index is 12.2. The van der Waals surface area contributed by atoms with Crippen LogP contribution in [0.3, 0.4) is 0 Å². The third kappa shape index (κ3) is 5.30. The number of nitrogens with one attached hydrogen (secondary N) is 3. The lowest BCUT2D eigenvalue weighted by Gasteiger charge is -2.28. The van der Waals surface area contributed by atoms with Crippen molar-refractivity contribution in [3.05, 3.63) is 29.8 Å². The first-order valence-electron chi connectivity index (χ1n) is 9.54. The molecule has 2 saturated heterocycles. The van der Waals surface area contributed by atoms with Crippen LogP contribution in [0.15, 0.2) is 24.3 Å². The molecule has 3 rings (SSSR count). The van der Waals surface area contributed by atoms with Crippen LogP contribution in [0, 0.1) is 5.92 Å². The molecule has 1 aromatic carbocycles. The van der Waals surface area contributed by atoms with E-state index < -0.39 is 0 Å². The summed E-state index contributed by atoms with van der Waals surface area (Å²) in [7, 11) is 0. The van der Waals surface area contributed by atoms with E-state index in [4.69, 9.17) is 0 Å². The minimum Gasteiger partial charge on any atom is -0.352 e. The highest BCUT2D eigenvalue weighted by atomic mass is 16.2. The van der Waals surface area contributed by atoms with Gasteiger partial charge in [0.2, 0.25) is 11.8 Å². The fraction of sp³-hybridized carbons (Fsp3) is 0.600. The molecule has 2 amide bonds. The first-order chi connectivity index (χ1) is 12.1. The van der Waals surface area contributed by atoms with Crippen LogP contribution in [0.25, 0.3) is 0 Å². The molecule has 0 saturated carbocycles. The van der Waals surface area contributed by atoms with Crippen molar-refractivity contribution in [2.75, 3.05) is 5.32 Å². The second-order valence-electron chi connectivity index (χ2n) is 7.45. The summed E-state index contributed by atoms with van der Waals surface area (Å²) in [5.41, 5.74) is 1.85. The summed E-state index contributed by atoms with van der Waals surface area (Å²) >= 11 is 0. The zero-order chi connectivity index (χ0) is 17.6. The van der Waals surface area contributed by atoms with Crippen molar-refractivity contribution in [1.82, 2.24) is 10.6 Å². The number of rotatable bonds is 7. The Kier molecular flexibility index (Phi) is 6.08. The average molecular weight is 343 g/mol. The number of amides is 2. The van der Waals surface area contributed by atoms with Gasteiger partial charge in [-0.25, -0.2) is 0 Å². The maximum Gasteiger partial charge on any atom is 0.224 e. The van der Waals surface area contributed by atoms with Gasteiger partial charge in [-0.1, -0.05) is 19.1 Å². The molecule has 2 unspecified atom stereocenters. The van der Waals surface area contributed by atoms with E-state index in [1.165, 1.54) is 12.8 Å². The summed E-state index contributed by atoms with van der Waals surface area (Å²) in [4.78, 5) is 23.8. The molecule has 2 aliphatic rings. The largest absolute Gasteiger partial charge is 0.352 e. The first-order valence-corrected chi connectivity index (χ1v) is 9.54. The van der Waals surface area contributed by atoms with Crippen LogP contribution in [0.1, 0.15) is 57.4 Å². The number of carbonyl (C=O) groups excluding carboxylic acids is 2. The Bertz CT molecular complexity index is 587. The number of benzene rings is 1. The van der Waals surface area contributed by atoms with E-state index in [1.54, 1.807) is 0 Å². The molecule has 0 radical (unpaired) electrons. The predicted molar refractivity (Wildman–Crippen MR) is 99.1 cm³/mol. The van der Waals surface area contributed by atoms with Crippen LogP contribution in [-0.2, 0) is 16.1 Å². The lowest BCUT2D eigenvalue weighted by molar-refractivity contribution is -0.122. The smallest absolute Gasteiger partial charge is 0.224 e. The van der Waals surface area contributed by atoms with Crippen LogP contribution < -0.4 is 16.0 Å². The lowest BCUT2D eigenvalue weighted by Crippen LogP contribution is -2.39. The van der Waals surface area contributed by atoms with Gasteiger partial charge >= 0.3 is 0 Å². The standard InChI is InChI=1S/C20H29N3O2/c1-2-3-19(24)23-16-6-4-14(5-7-16)13-21-20(25)12-15-10-17-8-9-18(11-15)22-17/h4-7,15,17-18,22H,2-3,8-13H2,1H3,(H,21,25)(H,23,24). The van der Waals surface area contributed by atoms with Gasteiger partial charge in [0.25, 0.3) is 0 Å². The van der Waals surface area contributed by atoms with Crippen molar-refractivity contribution in [1.29, 1.82) is 0 Å². The van der Waals surface area contributed by atoms with Crippen molar-refractivity contribution in [2.24, 2.45) is 5.92 Å². The topological polar surface area (TPSA) is 70.2 Å². The number of fused-ring (bicyclic) bond motifs is 2. The SMILES string of the molecule is CCCC(=O)Nc1ccc(CNC(=O)CC2CC3CCC(C2)N3)cc1. The predicted octanol–water partition coefficient (Wildman–Crippen LogP) is 2.96. The van der Waals surface area contributed by atoms with Crippen molar-refractivity contribution >= 4 is 17.5 Å². The van der Waals surface area contributed by atoms with Crippen LogP contribution in [0.2, 0.25) is 0 Å². The van der Waals surface area contributed by atoms with Crippen LogP contribution in [0.4, 0.5) is 5.69 Å². The number of hydrogen-bond donors (Lipinski definition) is 3. The quantitative estimate of drug-likeness (QED) is 0.713. The van der Waals surface area contributed by atoms with E-state index in [2.05, 4.69) is 16.0 Å². The molecule has 1 aromatic rings. The molecule has 25 heavy (non-hydrogen) atoms. The Morgan fingerprint density at radius 2 is 1.76 bits per heavy atom. The van der Waals surface area contributed by atoms with E-state index in [-0.39, 0.29) is 11.8 Å². The van der Waals surface area contributed by atoms with E-state index in [0.29, 0.717) is 37.4 Å². The van der Waals surface area contributed by atoms with Crippen LogP contribution in [-0.4, -0.2) is 23.9 Å². The van der Waals surface area contributed by atoms with Gasteiger partial charge in [-0.3, -0.25) is 9.59 Å². The molecule has 5 nitrogen and oxygen atoms in total. The molecular weight excluding hydrogens is 314 g/mol. The molecule has 5 heteroatoms. The van der Waals surface area contributed by atoms with Gasteiger partial charge < -0.3 is 16.0 Å².